The molecule has 1 atom stereocenters. The van der Waals surface area contributed by atoms with E-state index in [0.29, 0.717) is 28.3 Å². The predicted octanol–water partition coefficient (Wildman–Crippen LogP) is 3.89. The lowest BCUT2D eigenvalue weighted by molar-refractivity contribution is 0.406. The number of halogens is 2. The maximum atomic E-state index is 14.1. The molecule has 1 heterocycles. The Labute approximate surface area is 119 Å². The van der Waals surface area contributed by atoms with Crippen LogP contribution in [-0.2, 0) is 0 Å². The minimum Gasteiger partial charge on any atom is -0.497 e. The molecule has 0 spiro atoms. The van der Waals surface area contributed by atoms with Crippen molar-refractivity contribution in [2.45, 2.75) is 13.0 Å². The van der Waals surface area contributed by atoms with Gasteiger partial charge in [0.25, 0.3) is 0 Å². The van der Waals surface area contributed by atoms with Gasteiger partial charge in [0.2, 0.25) is 0 Å². The maximum absolute atomic E-state index is 14.1. The molecule has 5 heteroatoms. The summed E-state index contributed by atoms with van der Waals surface area (Å²) in [4.78, 5) is 0. The first-order valence-corrected chi connectivity index (χ1v) is 6.77. The molecule has 0 aliphatic heterocycles. The SMILES string of the molecule is CCNC(c1ccc(Br)o1)c1ccc(OC)cc1F. The Hall–Kier alpha value is -1.33. The molecule has 1 N–H and O–H groups in total. The van der Waals surface area contributed by atoms with Crippen molar-refractivity contribution in [3.63, 3.8) is 0 Å². The van der Waals surface area contributed by atoms with E-state index in [2.05, 4.69) is 21.2 Å². The van der Waals surface area contributed by atoms with Crippen molar-refractivity contribution in [2.24, 2.45) is 0 Å². The van der Waals surface area contributed by atoms with Crippen LogP contribution in [0.5, 0.6) is 5.75 Å². The zero-order valence-corrected chi connectivity index (χ0v) is 12.3. The van der Waals surface area contributed by atoms with Crippen LogP contribution in [0.3, 0.4) is 0 Å². The fourth-order valence-corrected chi connectivity index (χ4v) is 2.24. The molecule has 0 bridgehead atoms. The Kier molecular flexibility index (Phi) is 4.61. The van der Waals surface area contributed by atoms with E-state index in [1.165, 1.54) is 13.2 Å². The number of hydrogen-bond acceptors (Lipinski definition) is 3. The average molecular weight is 328 g/mol. The molecule has 3 nitrogen and oxygen atoms in total. The topological polar surface area (TPSA) is 34.4 Å². The molecule has 0 aliphatic carbocycles. The van der Waals surface area contributed by atoms with Crippen molar-refractivity contribution in [1.82, 2.24) is 5.32 Å². The van der Waals surface area contributed by atoms with E-state index in [-0.39, 0.29) is 11.9 Å². The van der Waals surface area contributed by atoms with Crippen LogP contribution in [0.25, 0.3) is 0 Å². The molecule has 0 amide bonds. The third-order valence-corrected chi connectivity index (χ3v) is 3.23. The summed E-state index contributed by atoms with van der Waals surface area (Å²) < 4.78 is 25.3. The molecule has 102 valence electrons. The van der Waals surface area contributed by atoms with E-state index in [4.69, 9.17) is 9.15 Å². The minimum atomic E-state index is -0.321. The van der Waals surface area contributed by atoms with E-state index in [0.717, 1.165) is 0 Å². The van der Waals surface area contributed by atoms with Gasteiger partial charge in [-0.05, 0) is 40.7 Å². The molecule has 0 saturated carbocycles. The van der Waals surface area contributed by atoms with Crippen LogP contribution in [0.1, 0.15) is 24.3 Å². The Morgan fingerprint density at radius 3 is 2.68 bits per heavy atom. The molecular weight excluding hydrogens is 313 g/mol. The van der Waals surface area contributed by atoms with Gasteiger partial charge in [0, 0.05) is 11.6 Å². The van der Waals surface area contributed by atoms with Crippen LogP contribution in [0.4, 0.5) is 4.39 Å². The van der Waals surface area contributed by atoms with Gasteiger partial charge in [0.05, 0.1) is 13.2 Å². The van der Waals surface area contributed by atoms with Crippen LogP contribution in [0, 0.1) is 5.82 Å². The van der Waals surface area contributed by atoms with Crippen LogP contribution in [0.15, 0.2) is 39.4 Å². The average Bonchev–Trinajstić information content (AvgIpc) is 2.83. The van der Waals surface area contributed by atoms with Crippen molar-refractivity contribution < 1.29 is 13.5 Å². The maximum Gasteiger partial charge on any atom is 0.169 e. The summed E-state index contributed by atoms with van der Waals surface area (Å²) in [6.45, 7) is 2.67. The van der Waals surface area contributed by atoms with Crippen molar-refractivity contribution in [2.75, 3.05) is 13.7 Å². The van der Waals surface area contributed by atoms with Crippen LogP contribution in [0.2, 0.25) is 0 Å². The second-order valence-electron chi connectivity index (χ2n) is 4.02. The normalized spacial score (nSPS) is 12.4. The predicted molar refractivity (Wildman–Crippen MR) is 74.9 cm³/mol. The van der Waals surface area contributed by atoms with E-state index < -0.39 is 0 Å². The van der Waals surface area contributed by atoms with E-state index in [9.17, 15) is 4.39 Å². The molecule has 0 fully saturated rings. The number of benzene rings is 1. The van der Waals surface area contributed by atoms with Crippen LogP contribution >= 0.6 is 15.9 Å². The Morgan fingerprint density at radius 1 is 1.37 bits per heavy atom. The van der Waals surface area contributed by atoms with E-state index in [1.54, 1.807) is 18.2 Å². The molecule has 19 heavy (non-hydrogen) atoms. The van der Waals surface area contributed by atoms with Gasteiger partial charge in [-0.1, -0.05) is 13.0 Å². The monoisotopic (exact) mass is 327 g/mol. The van der Waals surface area contributed by atoms with E-state index >= 15 is 0 Å². The lowest BCUT2D eigenvalue weighted by Gasteiger charge is -2.17. The van der Waals surface area contributed by atoms with Crippen molar-refractivity contribution >= 4 is 15.9 Å². The zero-order valence-electron chi connectivity index (χ0n) is 10.7. The molecular formula is C14H15BrFNO2. The van der Waals surface area contributed by atoms with Crippen LogP contribution < -0.4 is 10.1 Å². The second kappa shape index (κ2) is 6.21. The molecule has 0 radical (unpaired) electrons. The summed E-state index contributed by atoms with van der Waals surface area (Å²) in [5.74, 6) is 0.840. The highest BCUT2D eigenvalue weighted by molar-refractivity contribution is 9.10. The summed E-state index contributed by atoms with van der Waals surface area (Å²) >= 11 is 3.26. The Balaban J connectivity index is 2.39. The summed E-state index contributed by atoms with van der Waals surface area (Å²) in [5.41, 5.74) is 0.532. The fourth-order valence-electron chi connectivity index (χ4n) is 1.92. The van der Waals surface area contributed by atoms with Crippen molar-refractivity contribution in [3.05, 3.63) is 52.1 Å². The van der Waals surface area contributed by atoms with Crippen molar-refractivity contribution in [1.29, 1.82) is 0 Å². The number of methoxy groups -OCH3 is 1. The smallest absolute Gasteiger partial charge is 0.169 e. The van der Waals surface area contributed by atoms with Gasteiger partial charge in [-0.3, -0.25) is 0 Å². The van der Waals surface area contributed by atoms with Gasteiger partial charge in [-0.25, -0.2) is 4.39 Å². The second-order valence-corrected chi connectivity index (χ2v) is 4.80. The van der Waals surface area contributed by atoms with Gasteiger partial charge in [-0.15, -0.1) is 0 Å². The summed E-state index contributed by atoms with van der Waals surface area (Å²) in [7, 11) is 1.51. The van der Waals surface area contributed by atoms with Gasteiger partial charge in [-0.2, -0.15) is 0 Å². The molecule has 0 saturated heterocycles. The van der Waals surface area contributed by atoms with Gasteiger partial charge >= 0.3 is 0 Å². The first-order valence-electron chi connectivity index (χ1n) is 5.97. The standard InChI is InChI=1S/C14H15BrFNO2/c1-3-17-14(12-6-7-13(15)19-12)10-5-4-9(18-2)8-11(10)16/h4-8,14,17H,3H2,1-2H3. The first-order chi connectivity index (χ1) is 9.15. The van der Waals surface area contributed by atoms with E-state index in [1.807, 2.05) is 13.0 Å². The fraction of sp³-hybridized carbons (Fsp3) is 0.286. The highest BCUT2D eigenvalue weighted by Crippen LogP contribution is 2.29. The Morgan fingerprint density at radius 2 is 2.16 bits per heavy atom. The largest absolute Gasteiger partial charge is 0.497 e. The quantitative estimate of drug-likeness (QED) is 0.904. The molecule has 2 aromatic rings. The number of rotatable bonds is 5. The van der Waals surface area contributed by atoms with Gasteiger partial charge in [0.15, 0.2) is 4.67 Å². The number of nitrogens with one attached hydrogen (secondary N) is 1. The first kappa shape index (κ1) is 14.1. The Bertz CT molecular complexity index is 556. The summed E-state index contributed by atoms with van der Waals surface area (Å²) in [6, 6.07) is 8.11. The van der Waals surface area contributed by atoms with Crippen molar-refractivity contribution in [3.8, 4) is 5.75 Å². The third kappa shape index (κ3) is 3.16. The highest BCUT2D eigenvalue weighted by atomic mass is 79.9. The zero-order chi connectivity index (χ0) is 13.8. The van der Waals surface area contributed by atoms with Gasteiger partial charge in [0.1, 0.15) is 17.3 Å². The lowest BCUT2D eigenvalue weighted by atomic mass is 10.0. The lowest BCUT2D eigenvalue weighted by Crippen LogP contribution is -2.22. The number of hydrogen-bond donors (Lipinski definition) is 1. The molecule has 1 aromatic carbocycles. The van der Waals surface area contributed by atoms with Gasteiger partial charge < -0.3 is 14.5 Å². The summed E-state index contributed by atoms with van der Waals surface area (Å²) in [6.07, 6.45) is 0. The number of furan rings is 1. The minimum absolute atomic E-state index is 0.317. The summed E-state index contributed by atoms with van der Waals surface area (Å²) in [5, 5.41) is 3.21. The molecule has 0 aliphatic rings. The number of ether oxygens (including phenoxy) is 1. The third-order valence-electron chi connectivity index (χ3n) is 2.81. The molecule has 1 aromatic heterocycles. The van der Waals surface area contributed by atoms with Crippen LogP contribution in [-0.4, -0.2) is 13.7 Å². The highest BCUT2D eigenvalue weighted by Gasteiger charge is 2.20. The molecule has 2 rings (SSSR count). The molecule has 1 unspecified atom stereocenters.